The zero-order chi connectivity index (χ0) is 15.6. The highest BCUT2D eigenvalue weighted by Gasteiger charge is 2.30. The minimum atomic E-state index is -3.08. The number of hydrogen-bond acceptors (Lipinski definition) is 5. The van der Waals surface area contributed by atoms with Crippen molar-refractivity contribution in [2.75, 3.05) is 18.8 Å². The van der Waals surface area contributed by atoms with Gasteiger partial charge in [-0.25, -0.2) is 8.42 Å². The van der Waals surface area contributed by atoms with Gasteiger partial charge in [0, 0.05) is 31.0 Å². The number of H-pyrrole nitrogens is 1. The summed E-state index contributed by atoms with van der Waals surface area (Å²) in [4.78, 5) is 27.3. The van der Waals surface area contributed by atoms with E-state index in [4.69, 9.17) is 0 Å². The van der Waals surface area contributed by atoms with E-state index in [0.717, 1.165) is 6.07 Å². The van der Waals surface area contributed by atoms with Crippen LogP contribution in [-0.4, -0.2) is 53.4 Å². The summed E-state index contributed by atoms with van der Waals surface area (Å²) in [7, 11) is -3.08. The highest BCUT2D eigenvalue weighted by molar-refractivity contribution is 7.92. The number of amides is 1. The standard InChI is InChI=1S/C13H18N2O5S/c1-2-21(19,20)10-3-5-15(6-4-10)13(18)11-7-9(16)8-12(17)14-11/h7-8,10H,2-6H2,1H3,(H2,14,16,17). The fourth-order valence-electron chi connectivity index (χ4n) is 2.47. The lowest BCUT2D eigenvalue weighted by molar-refractivity contribution is 0.0719. The quantitative estimate of drug-likeness (QED) is 0.824. The molecule has 8 heteroatoms. The largest absolute Gasteiger partial charge is 0.508 e. The van der Waals surface area contributed by atoms with Crippen LogP contribution in [-0.2, 0) is 9.84 Å². The third kappa shape index (κ3) is 3.44. The van der Waals surface area contributed by atoms with Gasteiger partial charge in [0.15, 0.2) is 9.84 Å². The number of aromatic hydroxyl groups is 1. The lowest BCUT2D eigenvalue weighted by Crippen LogP contribution is -2.43. The molecule has 21 heavy (non-hydrogen) atoms. The Morgan fingerprint density at radius 1 is 1.38 bits per heavy atom. The van der Waals surface area contributed by atoms with Gasteiger partial charge in [0.05, 0.1) is 5.25 Å². The van der Waals surface area contributed by atoms with Crippen molar-refractivity contribution in [2.24, 2.45) is 0 Å². The summed E-state index contributed by atoms with van der Waals surface area (Å²) in [6.45, 7) is 2.26. The molecule has 1 aliphatic heterocycles. The zero-order valence-corrected chi connectivity index (χ0v) is 12.5. The number of aromatic nitrogens is 1. The highest BCUT2D eigenvalue weighted by Crippen LogP contribution is 2.20. The Morgan fingerprint density at radius 3 is 2.52 bits per heavy atom. The fourth-order valence-corrected chi connectivity index (χ4v) is 3.87. The molecule has 116 valence electrons. The van der Waals surface area contributed by atoms with Crippen LogP contribution in [0, 0.1) is 0 Å². The van der Waals surface area contributed by atoms with Crippen molar-refractivity contribution in [1.29, 1.82) is 0 Å². The fraction of sp³-hybridized carbons (Fsp3) is 0.538. The average Bonchev–Trinajstić information content (AvgIpc) is 2.45. The van der Waals surface area contributed by atoms with Gasteiger partial charge in [-0.15, -0.1) is 0 Å². The van der Waals surface area contributed by atoms with Crippen molar-refractivity contribution in [3.05, 3.63) is 28.2 Å². The van der Waals surface area contributed by atoms with Gasteiger partial charge in [-0.3, -0.25) is 9.59 Å². The van der Waals surface area contributed by atoms with Crippen molar-refractivity contribution in [2.45, 2.75) is 25.0 Å². The van der Waals surface area contributed by atoms with Gasteiger partial charge in [0.1, 0.15) is 11.4 Å². The summed E-state index contributed by atoms with van der Waals surface area (Å²) in [5.41, 5.74) is -0.543. The Morgan fingerprint density at radius 2 is 2.00 bits per heavy atom. The van der Waals surface area contributed by atoms with Crippen molar-refractivity contribution in [1.82, 2.24) is 9.88 Å². The van der Waals surface area contributed by atoms with Crippen LogP contribution in [0.4, 0.5) is 0 Å². The van der Waals surface area contributed by atoms with E-state index in [9.17, 15) is 23.1 Å². The first-order valence-corrected chi connectivity index (χ1v) is 8.49. The molecule has 0 bridgehead atoms. The number of nitrogens with one attached hydrogen (secondary N) is 1. The summed E-state index contributed by atoms with van der Waals surface area (Å²) in [5, 5.41) is 8.94. The van der Waals surface area contributed by atoms with Gasteiger partial charge in [-0.05, 0) is 12.8 Å². The Hall–Kier alpha value is -1.83. The van der Waals surface area contributed by atoms with Gasteiger partial charge in [-0.2, -0.15) is 0 Å². The SMILES string of the molecule is CCS(=O)(=O)C1CCN(C(=O)c2cc(O)cc(=O)[nH]2)CC1. The molecule has 1 aliphatic rings. The Balaban J connectivity index is 2.08. The van der Waals surface area contributed by atoms with E-state index in [-0.39, 0.29) is 17.2 Å². The van der Waals surface area contributed by atoms with Gasteiger partial charge >= 0.3 is 0 Å². The predicted molar refractivity (Wildman–Crippen MR) is 77.1 cm³/mol. The average molecular weight is 314 g/mol. The zero-order valence-electron chi connectivity index (χ0n) is 11.7. The Bertz CT molecular complexity index is 687. The van der Waals surface area contributed by atoms with Crippen molar-refractivity contribution in [3.8, 4) is 5.75 Å². The second kappa shape index (κ2) is 5.88. The second-order valence-electron chi connectivity index (χ2n) is 5.06. The van der Waals surface area contributed by atoms with Crippen molar-refractivity contribution >= 4 is 15.7 Å². The number of hydrogen-bond donors (Lipinski definition) is 2. The molecule has 0 saturated carbocycles. The van der Waals surface area contributed by atoms with Crippen LogP contribution >= 0.6 is 0 Å². The topological polar surface area (TPSA) is 108 Å². The first kappa shape index (κ1) is 15.6. The molecular weight excluding hydrogens is 296 g/mol. The predicted octanol–water partition coefficient (Wildman–Crippen LogP) is 0.120. The lowest BCUT2D eigenvalue weighted by atomic mass is 10.1. The third-order valence-electron chi connectivity index (χ3n) is 3.70. The molecule has 0 aromatic carbocycles. The maximum Gasteiger partial charge on any atom is 0.270 e. The van der Waals surface area contributed by atoms with Crippen molar-refractivity contribution in [3.63, 3.8) is 0 Å². The molecule has 1 saturated heterocycles. The van der Waals surface area contributed by atoms with Gasteiger partial charge < -0.3 is 15.0 Å². The molecular formula is C13H18N2O5S. The van der Waals surface area contributed by atoms with Crippen LogP contribution in [0.25, 0.3) is 0 Å². The maximum atomic E-state index is 12.2. The summed E-state index contributed by atoms with van der Waals surface area (Å²) < 4.78 is 23.6. The third-order valence-corrected chi connectivity index (χ3v) is 5.99. The van der Waals surface area contributed by atoms with Crippen LogP contribution < -0.4 is 5.56 Å². The molecule has 0 spiro atoms. The van der Waals surface area contributed by atoms with Crippen LogP contribution in [0.3, 0.4) is 0 Å². The van der Waals surface area contributed by atoms with Gasteiger partial charge in [0.2, 0.25) is 0 Å². The van der Waals surface area contributed by atoms with E-state index in [1.165, 1.54) is 11.0 Å². The number of aromatic amines is 1. The number of rotatable bonds is 3. The number of carbonyl (C=O) groups excluding carboxylic acids is 1. The summed E-state index contributed by atoms with van der Waals surface area (Å²) in [6.07, 6.45) is 0.788. The van der Waals surface area contributed by atoms with E-state index in [1.807, 2.05) is 0 Å². The molecule has 0 unspecified atom stereocenters. The molecule has 7 nitrogen and oxygen atoms in total. The van der Waals surface area contributed by atoms with Gasteiger partial charge in [0.25, 0.3) is 11.5 Å². The minimum Gasteiger partial charge on any atom is -0.508 e. The van der Waals surface area contributed by atoms with Crippen molar-refractivity contribution < 1.29 is 18.3 Å². The molecule has 2 heterocycles. The molecule has 1 amide bonds. The van der Waals surface area contributed by atoms with E-state index in [0.29, 0.717) is 25.9 Å². The van der Waals surface area contributed by atoms with Crippen LogP contribution in [0.5, 0.6) is 5.75 Å². The number of sulfone groups is 1. The molecule has 0 aliphatic carbocycles. The van der Waals surface area contributed by atoms with E-state index in [2.05, 4.69) is 4.98 Å². The highest BCUT2D eigenvalue weighted by atomic mass is 32.2. The molecule has 0 radical (unpaired) electrons. The lowest BCUT2D eigenvalue weighted by Gasteiger charge is -2.31. The van der Waals surface area contributed by atoms with Gasteiger partial charge in [-0.1, -0.05) is 6.92 Å². The summed E-state index contributed by atoms with van der Waals surface area (Å²) in [6, 6.07) is 2.18. The first-order valence-electron chi connectivity index (χ1n) is 6.77. The van der Waals surface area contributed by atoms with E-state index >= 15 is 0 Å². The Labute approximate surface area is 122 Å². The Kier molecular flexibility index (Phi) is 4.36. The normalized spacial score (nSPS) is 16.9. The monoisotopic (exact) mass is 314 g/mol. The van der Waals surface area contributed by atoms with Crippen LogP contribution in [0.2, 0.25) is 0 Å². The molecule has 2 N–H and O–H groups in total. The number of pyridine rings is 1. The summed E-state index contributed by atoms with van der Waals surface area (Å²) >= 11 is 0. The maximum absolute atomic E-state index is 12.2. The minimum absolute atomic E-state index is 0.0109. The second-order valence-corrected chi connectivity index (χ2v) is 7.63. The smallest absolute Gasteiger partial charge is 0.270 e. The van der Waals surface area contributed by atoms with Crippen LogP contribution in [0.15, 0.2) is 16.9 Å². The number of nitrogens with zero attached hydrogens (tertiary/aromatic N) is 1. The molecule has 1 aromatic rings. The molecule has 2 rings (SSSR count). The first-order chi connectivity index (χ1) is 9.83. The molecule has 1 fully saturated rings. The van der Waals surface area contributed by atoms with E-state index in [1.54, 1.807) is 6.92 Å². The molecule has 1 aromatic heterocycles. The number of carbonyl (C=O) groups is 1. The number of piperidine rings is 1. The van der Waals surface area contributed by atoms with Crippen LogP contribution in [0.1, 0.15) is 30.3 Å². The number of likely N-dealkylation sites (tertiary alicyclic amines) is 1. The molecule has 0 atom stereocenters. The summed E-state index contributed by atoms with van der Waals surface area (Å²) in [5.74, 6) is -0.577. The van der Waals surface area contributed by atoms with E-state index < -0.39 is 26.6 Å².